The van der Waals surface area contributed by atoms with Crippen molar-refractivity contribution in [3.05, 3.63) is 11.6 Å². The van der Waals surface area contributed by atoms with Crippen LogP contribution in [0.2, 0.25) is 37.8 Å². The molecule has 0 aromatic carbocycles. The zero-order chi connectivity index (χ0) is 27.8. The van der Waals surface area contributed by atoms with Crippen LogP contribution in [0.3, 0.4) is 0 Å². The second-order valence-electron chi connectivity index (χ2n) is 16.5. The molecule has 1 spiro atoms. The van der Waals surface area contributed by atoms with Gasteiger partial charge in [0, 0.05) is 18.3 Å². The van der Waals surface area contributed by atoms with Gasteiger partial charge in [0.15, 0.2) is 22.2 Å². The smallest absolute Gasteiger partial charge is 0.192 e. The third kappa shape index (κ3) is 3.98. The van der Waals surface area contributed by atoms with Gasteiger partial charge >= 0.3 is 0 Å². The lowest BCUT2D eigenvalue weighted by atomic mass is 9.62. The highest BCUT2D eigenvalue weighted by Gasteiger charge is 2.79. The third-order valence-electron chi connectivity index (χ3n) is 11.2. The van der Waals surface area contributed by atoms with E-state index in [9.17, 15) is 5.11 Å². The van der Waals surface area contributed by atoms with Gasteiger partial charge in [-0.1, -0.05) is 53.5 Å². The number of hydrogen-bond donors (Lipinski definition) is 1. The van der Waals surface area contributed by atoms with Crippen LogP contribution in [0.15, 0.2) is 11.6 Å². The molecular formula is C29H52O6Si2. The monoisotopic (exact) mass is 552 g/mol. The van der Waals surface area contributed by atoms with Crippen molar-refractivity contribution in [2.75, 3.05) is 0 Å². The summed E-state index contributed by atoms with van der Waals surface area (Å²) in [5, 5.41) is 17.0. The average molecular weight is 553 g/mol. The van der Waals surface area contributed by atoms with Crippen molar-refractivity contribution >= 4 is 16.6 Å². The molecule has 0 amide bonds. The molecule has 0 aromatic heterocycles. The maximum Gasteiger partial charge on any atom is 0.192 e. The molecule has 2 unspecified atom stereocenters. The van der Waals surface area contributed by atoms with Gasteiger partial charge in [-0.05, 0) is 85.9 Å². The van der Waals surface area contributed by atoms with Gasteiger partial charge in [-0.15, -0.1) is 0 Å². The Balaban J connectivity index is 1.80. The Morgan fingerprint density at radius 1 is 1.03 bits per heavy atom. The van der Waals surface area contributed by atoms with Crippen LogP contribution in [0.4, 0.5) is 0 Å². The summed E-state index contributed by atoms with van der Waals surface area (Å²) in [6, 6.07) is 0. The fourth-order valence-corrected chi connectivity index (χ4v) is 11.4. The molecule has 6 nitrogen and oxygen atoms in total. The standard InChI is InChI=1S/C29H52O6Si2/c1-17-14-19-21(26(19,6)7)22-23(32-37(12,13)25(3,4)5)18(2)24-28(33-35-31-24)16-27(8,30)15-20(28)29(17,22)34-36(9,10)11/h15,17-19,21-24,30H,14,16H2,1-13H3/t17-,18+,19-,21+,22-,23?,24-,27-,28+,29?/m1/s1. The minimum absolute atomic E-state index is 0.00612. The second kappa shape index (κ2) is 8.02. The van der Waals surface area contributed by atoms with Gasteiger partial charge in [0.05, 0.1) is 17.3 Å². The number of rotatable bonds is 4. The molecule has 5 aliphatic rings. The van der Waals surface area contributed by atoms with Crippen molar-refractivity contribution in [3.63, 3.8) is 0 Å². The van der Waals surface area contributed by atoms with Gasteiger partial charge in [0.1, 0.15) is 6.10 Å². The molecule has 0 aromatic rings. The number of hydrogen-bond acceptors (Lipinski definition) is 6. The highest BCUT2D eigenvalue weighted by molar-refractivity contribution is 6.74. The van der Waals surface area contributed by atoms with E-state index in [1.807, 2.05) is 6.92 Å². The molecule has 3 saturated carbocycles. The minimum atomic E-state index is -2.16. The first-order valence-electron chi connectivity index (χ1n) is 14.5. The van der Waals surface area contributed by atoms with E-state index in [0.717, 1.165) is 12.0 Å². The van der Waals surface area contributed by atoms with Crippen LogP contribution in [0, 0.1) is 35.0 Å². The molecule has 1 heterocycles. The van der Waals surface area contributed by atoms with Crippen molar-refractivity contribution in [3.8, 4) is 0 Å². The molecule has 5 rings (SSSR count). The molecule has 8 heteroatoms. The summed E-state index contributed by atoms with van der Waals surface area (Å²) < 4.78 is 15.0. The van der Waals surface area contributed by atoms with Crippen LogP contribution in [0.25, 0.3) is 0 Å². The van der Waals surface area contributed by atoms with Crippen LogP contribution in [-0.2, 0) is 23.7 Å². The van der Waals surface area contributed by atoms with E-state index in [1.54, 1.807) is 0 Å². The van der Waals surface area contributed by atoms with Crippen molar-refractivity contribution in [1.29, 1.82) is 0 Å². The molecule has 10 atom stereocenters. The fourth-order valence-electron chi connectivity index (χ4n) is 8.56. The highest BCUT2D eigenvalue weighted by atomic mass is 28.4. The molecule has 1 N–H and O–H groups in total. The van der Waals surface area contributed by atoms with Crippen LogP contribution >= 0.6 is 0 Å². The highest BCUT2D eigenvalue weighted by Crippen LogP contribution is 2.76. The van der Waals surface area contributed by atoms with Crippen molar-refractivity contribution in [1.82, 2.24) is 0 Å². The fraction of sp³-hybridized carbons (Fsp3) is 0.931. The van der Waals surface area contributed by atoms with E-state index in [-0.39, 0.29) is 40.4 Å². The molecular weight excluding hydrogens is 500 g/mol. The van der Waals surface area contributed by atoms with E-state index in [2.05, 4.69) is 87.3 Å². The van der Waals surface area contributed by atoms with Crippen LogP contribution in [-0.4, -0.2) is 50.8 Å². The van der Waals surface area contributed by atoms with Gasteiger partial charge in [-0.2, -0.15) is 9.78 Å². The maximum atomic E-state index is 11.5. The SMILES string of the molecule is C[C@@H]1C[C@@H]2[C@@H]([C@@H]3C(O[Si](C)(C)C(C)(C)C)[C@H](C)[C@H]4OOO[C@]45C[C@](C)(O)C=C5C13O[Si](C)(C)C)C2(C)C. The normalized spacial score (nSPS) is 48.9. The Kier molecular flexibility index (Phi) is 6.17. The predicted octanol–water partition coefficient (Wildman–Crippen LogP) is 6.63. The lowest BCUT2D eigenvalue weighted by Gasteiger charge is -2.56. The van der Waals surface area contributed by atoms with Gasteiger partial charge in [0.2, 0.25) is 0 Å². The van der Waals surface area contributed by atoms with Crippen LogP contribution < -0.4 is 0 Å². The molecule has 1 aliphatic heterocycles. The zero-order valence-electron chi connectivity index (χ0n) is 25.5. The van der Waals surface area contributed by atoms with Gasteiger partial charge < -0.3 is 14.0 Å². The van der Waals surface area contributed by atoms with E-state index in [4.69, 9.17) is 23.7 Å². The lowest BCUT2D eigenvalue weighted by molar-refractivity contribution is -0.475. The maximum absolute atomic E-state index is 11.5. The second-order valence-corrected chi connectivity index (χ2v) is 25.7. The summed E-state index contributed by atoms with van der Waals surface area (Å²) >= 11 is 0. The molecule has 37 heavy (non-hydrogen) atoms. The van der Waals surface area contributed by atoms with Gasteiger partial charge in [0.25, 0.3) is 0 Å². The average Bonchev–Trinajstić information content (AvgIpc) is 3.00. The Labute approximate surface area is 226 Å². The third-order valence-corrected chi connectivity index (χ3v) is 16.6. The van der Waals surface area contributed by atoms with Crippen molar-refractivity contribution in [2.24, 2.45) is 35.0 Å². The quantitative estimate of drug-likeness (QED) is 0.240. The van der Waals surface area contributed by atoms with Crippen molar-refractivity contribution < 1.29 is 28.8 Å². The summed E-state index contributed by atoms with van der Waals surface area (Å²) in [5.41, 5.74) is -1.29. The molecule has 0 radical (unpaired) electrons. The minimum Gasteiger partial charge on any atom is -0.413 e. The number of fused-ring (bicyclic) bond motifs is 4. The predicted molar refractivity (Wildman–Crippen MR) is 150 cm³/mol. The largest absolute Gasteiger partial charge is 0.413 e. The first kappa shape index (κ1) is 28.5. The topological polar surface area (TPSA) is 66.4 Å². The van der Waals surface area contributed by atoms with Crippen molar-refractivity contribution in [2.45, 2.75) is 135 Å². The summed E-state index contributed by atoms with van der Waals surface area (Å²) in [5.74, 6) is 1.49. The summed E-state index contributed by atoms with van der Waals surface area (Å²) in [6.45, 7) is 29.9. The van der Waals surface area contributed by atoms with Crippen LogP contribution in [0.5, 0.6) is 0 Å². The Bertz CT molecular complexity index is 978. The van der Waals surface area contributed by atoms with Gasteiger partial charge in [-0.3, -0.25) is 0 Å². The molecule has 1 saturated heterocycles. The van der Waals surface area contributed by atoms with E-state index in [0.29, 0.717) is 18.3 Å². The van der Waals surface area contributed by atoms with E-state index >= 15 is 0 Å². The van der Waals surface area contributed by atoms with Gasteiger partial charge in [-0.25, -0.2) is 0 Å². The summed E-state index contributed by atoms with van der Waals surface area (Å²) in [4.78, 5) is 12.2. The summed E-state index contributed by atoms with van der Waals surface area (Å²) in [7, 11) is -4.25. The molecule has 4 fully saturated rings. The Morgan fingerprint density at radius 2 is 1.65 bits per heavy atom. The molecule has 212 valence electrons. The van der Waals surface area contributed by atoms with E-state index < -0.39 is 33.4 Å². The first-order valence-corrected chi connectivity index (χ1v) is 20.8. The first-order chi connectivity index (χ1) is 16.6. The Morgan fingerprint density at radius 3 is 2.22 bits per heavy atom. The van der Waals surface area contributed by atoms with Crippen LogP contribution in [0.1, 0.15) is 68.2 Å². The number of aliphatic hydroxyl groups is 1. The lowest BCUT2D eigenvalue weighted by Crippen LogP contribution is -2.62. The molecule has 0 bridgehead atoms. The van der Waals surface area contributed by atoms with E-state index in [1.165, 1.54) is 0 Å². The zero-order valence-corrected chi connectivity index (χ0v) is 27.5. The summed E-state index contributed by atoms with van der Waals surface area (Å²) in [6.07, 6.45) is 3.09. The molecule has 4 aliphatic carbocycles. The Hall–Kier alpha value is -0.0662.